The topological polar surface area (TPSA) is 114 Å². The van der Waals surface area contributed by atoms with E-state index in [2.05, 4.69) is 10.3 Å². The number of rotatable bonds is 4. The Bertz CT molecular complexity index is 938. The first-order valence-electron chi connectivity index (χ1n) is 7.37. The van der Waals surface area contributed by atoms with Gasteiger partial charge >= 0.3 is 0 Å². The normalized spacial score (nSPS) is 16.7. The first kappa shape index (κ1) is 17.5. The molecule has 0 aromatic heterocycles. The van der Waals surface area contributed by atoms with E-state index in [0.29, 0.717) is 16.6 Å². The van der Waals surface area contributed by atoms with Gasteiger partial charge in [0.1, 0.15) is 11.5 Å². The zero-order valence-electron chi connectivity index (χ0n) is 13.5. The number of amidine groups is 1. The first-order chi connectivity index (χ1) is 12.5. The predicted molar refractivity (Wildman–Crippen MR) is 98.6 cm³/mol. The molecule has 1 heterocycles. The second kappa shape index (κ2) is 7.28. The zero-order valence-corrected chi connectivity index (χ0v) is 14.3. The fourth-order valence-electron chi connectivity index (χ4n) is 2.17. The molecular formula is C17H13N3O5S. The highest BCUT2D eigenvalue weighted by Crippen LogP contribution is 2.32. The summed E-state index contributed by atoms with van der Waals surface area (Å²) in [4.78, 5) is 27.0. The third-order valence-corrected chi connectivity index (χ3v) is 4.37. The summed E-state index contributed by atoms with van der Waals surface area (Å²) in [6.45, 7) is 0. The minimum Gasteiger partial charge on any atom is -0.507 e. The van der Waals surface area contributed by atoms with Crippen LogP contribution in [0.5, 0.6) is 11.5 Å². The molecule has 8 nitrogen and oxygen atoms in total. The van der Waals surface area contributed by atoms with Crippen molar-refractivity contribution in [2.45, 2.75) is 0 Å². The Hall–Kier alpha value is -3.33. The molecule has 0 unspecified atom stereocenters. The number of aromatic hydroxyl groups is 1. The van der Waals surface area contributed by atoms with Gasteiger partial charge in [0.05, 0.1) is 22.6 Å². The lowest BCUT2D eigenvalue weighted by Crippen LogP contribution is -2.19. The number of amides is 1. The summed E-state index contributed by atoms with van der Waals surface area (Å²) < 4.78 is 5.07. The number of nitro groups is 1. The number of nitrogens with one attached hydrogen (secondary N) is 1. The van der Waals surface area contributed by atoms with Crippen LogP contribution >= 0.6 is 11.8 Å². The number of aliphatic imine (C=N–C) groups is 1. The number of methoxy groups -OCH3 is 1. The molecule has 2 aromatic carbocycles. The summed E-state index contributed by atoms with van der Waals surface area (Å²) in [5, 5.41) is 23.7. The van der Waals surface area contributed by atoms with Gasteiger partial charge in [-0.3, -0.25) is 14.9 Å². The van der Waals surface area contributed by atoms with Crippen LogP contribution in [0.2, 0.25) is 0 Å². The van der Waals surface area contributed by atoms with Crippen LogP contribution in [0.15, 0.2) is 52.4 Å². The van der Waals surface area contributed by atoms with Gasteiger partial charge in [-0.2, -0.15) is 0 Å². The zero-order chi connectivity index (χ0) is 18.7. The smallest absolute Gasteiger partial charge is 0.270 e. The van der Waals surface area contributed by atoms with E-state index in [-0.39, 0.29) is 21.9 Å². The first-order valence-corrected chi connectivity index (χ1v) is 8.19. The van der Waals surface area contributed by atoms with Crippen molar-refractivity contribution < 1.29 is 19.6 Å². The number of non-ortho nitro benzene ring substituents is 1. The van der Waals surface area contributed by atoms with Crippen molar-refractivity contribution >= 4 is 40.3 Å². The van der Waals surface area contributed by atoms with Gasteiger partial charge in [-0.05, 0) is 48.2 Å². The molecule has 1 aliphatic rings. The summed E-state index contributed by atoms with van der Waals surface area (Å²) in [6.07, 6.45) is 1.39. The van der Waals surface area contributed by atoms with Crippen molar-refractivity contribution in [1.29, 1.82) is 0 Å². The number of hydrogen-bond donors (Lipinski definition) is 2. The predicted octanol–water partition coefficient (Wildman–Crippen LogP) is 3.20. The molecule has 1 aliphatic heterocycles. The number of carbonyl (C=O) groups is 1. The van der Waals surface area contributed by atoms with Gasteiger partial charge in [0.25, 0.3) is 11.6 Å². The largest absolute Gasteiger partial charge is 0.507 e. The molecule has 132 valence electrons. The van der Waals surface area contributed by atoms with Crippen molar-refractivity contribution in [2.24, 2.45) is 4.99 Å². The molecule has 0 bridgehead atoms. The Kier molecular flexibility index (Phi) is 4.90. The highest BCUT2D eigenvalue weighted by atomic mass is 32.2. The van der Waals surface area contributed by atoms with Crippen LogP contribution in [-0.4, -0.2) is 28.2 Å². The van der Waals surface area contributed by atoms with Gasteiger partial charge in [-0.25, -0.2) is 4.99 Å². The molecule has 1 saturated heterocycles. The quantitative estimate of drug-likeness (QED) is 0.485. The summed E-state index contributed by atoms with van der Waals surface area (Å²) in [6, 6.07) is 10.6. The van der Waals surface area contributed by atoms with Crippen molar-refractivity contribution in [3.63, 3.8) is 0 Å². The molecule has 0 atom stereocenters. The average molecular weight is 371 g/mol. The second-order valence-corrected chi connectivity index (χ2v) is 6.21. The average Bonchev–Trinajstić information content (AvgIpc) is 2.96. The van der Waals surface area contributed by atoms with Crippen molar-refractivity contribution in [2.75, 3.05) is 7.11 Å². The van der Waals surface area contributed by atoms with Crippen LogP contribution in [0.3, 0.4) is 0 Å². The van der Waals surface area contributed by atoms with E-state index in [4.69, 9.17) is 4.74 Å². The van der Waals surface area contributed by atoms with E-state index in [1.165, 1.54) is 24.3 Å². The summed E-state index contributed by atoms with van der Waals surface area (Å²) in [5.41, 5.74) is 0.640. The lowest BCUT2D eigenvalue weighted by molar-refractivity contribution is -0.384. The molecule has 0 aliphatic carbocycles. The van der Waals surface area contributed by atoms with Crippen LogP contribution in [0.25, 0.3) is 6.08 Å². The fourth-order valence-corrected chi connectivity index (χ4v) is 3.00. The molecule has 0 saturated carbocycles. The Morgan fingerprint density at radius 2 is 2.00 bits per heavy atom. The number of ether oxygens (including phenoxy) is 1. The molecule has 26 heavy (non-hydrogen) atoms. The standard InChI is InChI=1S/C17H13N3O5S/c1-25-13-5-2-11(3-6-13)18-17-19-16(22)15(26-17)9-10-8-12(20(23)24)4-7-14(10)21/h2-9,21H,1H3,(H,18,19,22)/b15-9-. The number of hydrogen-bond acceptors (Lipinski definition) is 7. The van der Waals surface area contributed by atoms with E-state index in [0.717, 1.165) is 11.8 Å². The van der Waals surface area contributed by atoms with Crippen LogP contribution < -0.4 is 10.1 Å². The molecule has 1 fully saturated rings. The molecular weight excluding hydrogens is 358 g/mol. The van der Waals surface area contributed by atoms with Crippen molar-refractivity contribution in [1.82, 2.24) is 5.32 Å². The fraction of sp³-hybridized carbons (Fsp3) is 0.0588. The highest BCUT2D eigenvalue weighted by molar-refractivity contribution is 8.18. The minimum absolute atomic E-state index is 0.156. The van der Waals surface area contributed by atoms with Gasteiger partial charge in [0.15, 0.2) is 5.17 Å². The molecule has 2 aromatic rings. The Balaban J connectivity index is 1.85. The Morgan fingerprint density at radius 1 is 1.27 bits per heavy atom. The van der Waals surface area contributed by atoms with E-state index < -0.39 is 10.8 Å². The van der Waals surface area contributed by atoms with Crippen LogP contribution in [-0.2, 0) is 4.79 Å². The van der Waals surface area contributed by atoms with E-state index in [9.17, 15) is 20.0 Å². The maximum atomic E-state index is 12.1. The van der Waals surface area contributed by atoms with Gasteiger partial charge in [0, 0.05) is 17.7 Å². The number of nitrogens with zero attached hydrogens (tertiary/aromatic N) is 2. The van der Waals surface area contributed by atoms with Gasteiger partial charge < -0.3 is 15.2 Å². The lowest BCUT2D eigenvalue weighted by Gasteiger charge is -2.00. The van der Waals surface area contributed by atoms with E-state index >= 15 is 0 Å². The van der Waals surface area contributed by atoms with Gasteiger partial charge in [-0.15, -0.1) is 0 Å². The second-order valence-electron chi connectivity index (χ2n) is 5.18. The molecule has 3 rings (SSSR count). The number of carbonyl (C=O) groups excluding carboxylic acids is 1. The number of phenolic OH excluding ortho intramolecular Hbond substituents is 1. The molecule has 1 amide bonds. The third kappa shape index (κ3) is 3.83. The minimum atomic E-state index is -0.570. The lowest BCUT2D eigenvalue weighted by atomic mass is 10.1. The number of benzene rings is 2. The molecule has 9 heteroatoms. The van der Waals surface area contributed by atoms with Crippen LogP contribution in [0.4, 0.5) is 11.4 Å². The van der Waals surface area contributed by atoms with Crippen LogP contribution in [0.1, 0.15) is 5.56 Å². The molecule has 2 N–H and O–H groups in total. The third-order valence-electron chi connectivity index (χ3n) is 3.46. The van der Waals surface area contributed by atoms with Crippen LogP contribution in [0, 0.1) is 10.1 Å². The van der Waals surface area contributed by atoms with E-state index in [1.807, 2.05) is 0 Å². The van der Waals surface area contributed by atoms with Gasteiger partial charge in [0.2, 0.25) is 0 Å². The SMILES string of the molecule is COc1ccc(N=C2NC(=O)/C(=C/c3cc([N+](=O)[O-])ccc3O)S2)cc1. The molecule has 0 radical (unpaired) electrons. The maximum Gasteiger partial charge on any atom is 0.270 e. The van der Waals surface area contributed by atoms with E-state index in [1.54, 1.807) is 31.4 Å². The van der Waals surface area contributed by atoms with Crippen molar-refractivity contribution in [3.8, 4) is 11.5 Å². The number of thioether (sulfide) groups is 1. The van der Waals surface area contributed by atoms with Gasteiger partial charge in [-0.1, -0.05) is 0 Å². The summed E-state index contributed by atoms with van der Waals surface area (Å²) >= 11 is 1.08. The molecule has 0 spiro atoms. The summed E-state index contributed by atoms with van der Waals surface area (Å²) in [7, 11) is 1.56. The maximum absolute atomic E-state index is 12.1. The monoisotopic (exact) mass is 371 g/mol. The highest BCUT2D eigenvalue weighted by Gasteiger charge is 2.24. The number of phenols is 1. The number of nitro benzene ring substituents is 1. The summed E-state index contributed by atoms with van der Waals surface area (Å²) in [5.74, 6) is 0.143. The van der Waals surface area contributed by atoms with Crippen molar-refractivity contribution in [3.05, 3.63) is 63.0 Å². The Morgan fingerprint density at radius 3 is 2.65 bits per heavy atom. The Labute approximate surface area is 152 Å².